The zero-order valence-corrected chi connectivity index (χ0v) is 14.5. The SMILES string of the molecule is Brc1cc2ccc1CCSCc1ccc(cc1)CSC2. The fourth-order valence-electron chi connectivity index (χ4n) is 2.27. The average molecular weight is 365 g/mol. The first-order valence-electron chi connectivity index (χ1n) is 6.82. The predicted octanol–water partition coefficient (Wildman–Crippen LogP) is 5.67. The Morgan fingerprint density at radius 1 is 0.750 bits per heavy atom. The van der Waals surface area contributed by atoms with Gasteiger partial charge in [0.15, 0.2) is 0 Å². The molecule has 0 unspecified atom stereocenters. The summed E-state index contributed by atoms with van der Waals surface area (Å²) in [6.07, 6.45) is 1.14. The molecule has 0 amide bonds. The van der Waals surface area contributed by atoms with Gasteiger partial charge in [-0.25, -0.2) is 0 Å². The minimum atomic E-state index is 1.08. The normalized spacial score (nSPS) is 15.8. The van der Waals surface area contributed by atoms with Gasteiger partial charge in [0.05, 0.1) is 0 Å². The van der Waals surface area contributed by atoms with Gasteiger partial charge in [-0.05, 0) is 40.5 Å². The maximum atomic E-state index is 3.72. The number of hydrogen-bond acceptors (Lipinski definition) is 2. The van der Waals surface area contributed by atoms with Gasteiger partial charge >= 0.3 is 0 Å². The highest BCUT2D eigenvalue weighted by molar-refractivity contribution is 9.10. The largest absolute Gasteiger partial charge is 0.157 e. The molecule has 0 aliphatic carbocycles. The standard InChI is InChI=1S/C17H17BrS2/c18-17-9-15-5-6-16(17)7-8-19-10-13-1-3-14(4-2-13)11-20-12-15/h1-6,9H,7-8,10-12H2. The van der Waals surface area contributed by atoms with Crippen molar-refractivity contribution in [3.63, 3.8) is 0 Å². The second-order valence-corrected chi connectivity index (χ2v) is 7.98. The molecule has 20 heavy (non-hydrogen) atoms. The third kappa shape index (κ3) is 3.84. The summed E-state index contributed by atoms with van der Waals surface area (Å²) in [5, 5.41) is 0. The van der Waals surface area contributed by atoms with E-state index < -0.39 is 0 Å². The van der Waals surface area contributed by atoms with Gasteiger partial charge in [0.2, 0.25) is 0 Å². The van der Waals surface area contributed by atoms with Gasteiger partial charge in [0.25, 0.3) is 0 Å². The Hall–Kier alpha value is -0.380. The van der Waals surface area contributed by atoms with Crippen LogP contribution in [0.25, 0.3) is 0 Å². The van der Waals surface area contributed by atoms with Crippen LogP contribution in [-0.2, 0) is 23.7 Å². The number of rotatable bonds is 0. The molecule has 0 nitrogen and oxygen atoms in total. The van der Waals surface area contributed by atoms with Crippen molar-refractivity contribution in [2.24, 2.45) is 0 Å². The van der Waals surface area contributed by atoms with Crippen molar-refractivity contribution in [2.75, 3.05) is 5.75 Å². The zero-order chi connectivity index (χ0) is 13.8. The molecule has 4 aliphatic heterocycles. The first-order valence-corrected chi connectivity index (χ1v) is 9.92. The molecule has 0 fully saturated rings. The van der Waals surface area contributed by atoms with Crippen LogP contribution in [0.2, 0.25) is 0 Å². The Kier molecular flexibility index (Phi) is 5.14. The molecule has 4 heterocycles. The highest BCUT2D eigenvalue weighted by Gasteiger charge is 2.04. The minimum absolute atomic E-state index is 1.08. The van der Waals surface area contributed by atoms with E-state index in [0.29, 0.717) is 0 Å². The number of halogens is 1. The lowest BCUT2D eigenvalue weighted by atomic mass is 10.1. The van der Waals surface area contributed by atoms with Crippen molar-refractivity contribution in [3.05, 3.63) is 69.2 Å². The molecule has 0 aromatic heterocycles. The van der Waals surface area contributed by atoms with E-state index in [0.717, 1.165) is 23.7 Å². The fraction of sp³-hybridized carbons (Fsp3) is 0.294. The molecule has 4 bridgehead atoms. The van der Waals surface area contributed by atoms with Gasteiger partial charge in [0, 0.05) is 21.7 Å². The Bertz CT molecular complexity index is 578. The molecule has 2 aromatic carbocycles. The summed E-state index contributed by atoms with van der Waals surface area (Å²) in [5.41, 5.74) is 5.70. The number of thioether (sulfide) groups is 2. The van der Waals surface area contributed by atoms with E-state index >= 15 is 0 Å². The number of hydrogen-bond donors (Lipinski definition) is 0. The average Bonchev–Trinajstić information content (AvgIpc) is 2.48. The summed E-state index contributed by atoms with van der Waals surface area (Å²) in [5.74, 6) is 4.46. The first-order chi connectivity index (χ1) is 9.81. The van der Waals surface area contributed by atoms with Crippen LogP contribution < -0.4 is 0 Å². The molecule has 0 radical (unpaired) electrons. The summed E-state index contributed by atoms with van der Waals surface area (Å²) in [6, 6.07) is 16.0. The second kappa shape index (κ2) is 7.06. The van der Waals surface area contributed by atoms with Crippen LogP contribution in [0.1, 0.15) is 22.3 Å². The molecule has 0 saturated carbocycles. The van der Waals surface area contributed by atoms with Crippen molar-refractivity contribution in [2.45, 2.75) is 23.7 Å². The van der Waals surface area contributed by atoms with Crippen molar-refractivity contribution < 1.29 is 0 Å². The van der Waals surface area contributed by atoms with Gasteiger partial charge in [-0.2, -0.15) is 23.5 Å². The summed E-state index contributed by atoms with van der Waals surface area (Å²) >= 11 is 7.72. The topological polar surface area (TPSA) is 0 Å². The van der Waals surface area contributed by atoms with E-state index in [4.69, 9.17) is 0 Å². The smallest absolute Gasteiger partial charge is 0.0210 e. The fourth-order valence-corrected chi connectivity index (χ4v) is 4.78. The highest BCUT2D eigenvalue weighted by atomic mass is 79.9. The highest BCUT2D eigenvalue weighted by Crippen LogP contribution is 2.26. The Morgan fingerprint density at radius 2 is 1.35 bits per heavy atom. The van der Waals surface area contributed by atoms with Crippen molar-refractivity contribution in [3.8, 4) is 0 Å². The van der Waals surface area contributed by atoms with E-state index in [1.165, 1.54) is 32.5 Å². The predicted molar refractivity (Wildman–Crippen MR) is 95.4 cm³/mol. The lowest BCUT2D eigenvalue weighted by Crippen LogP contribution is -1.92. The van der Waals surface area contributed by atoms with Gasteiger partial charge in [-0.3, -0.25) is 0 Å². The monoisotopic (exact) mass is 364 g/mol. The van der Waals surface area contributed by atoms with Crippen LogP contribution in [0, 0.1) is 0 Å². The quantitative estimate of drug-likeness (QED) is 0.590. The van der Waals surface area contributed by atoms with Gasteiger partial charge < -0.3 is 0 Å². The summed E-state index contributed by atoms with van der Waals surface area (Å²) < 4.78 is 1.27. The van der Waals surface area contributed by atoms with Crippen LogP contribution in [0.4, 0.5) is 0 Å². The molecule has 0 saturated heterocycles. The third-order valence-corrected chi connectivity index (χ3v) is 6.31. The molecule has 6 rings (SSSR count). The third-order valence-electron chi connectivity index (χ3n) is 3.46. The van der Waals surface area contributed by atoms with Crippen molar-refractivity contribution in [1.82, 2.24) is 0 Å². The molecular weight excluding hydrogens is 348 g/mol. The maximum Gasteiger partial charge on any atom is 0.0210 e. The Balaban J connectivity index is 1.81. The molecule has 0 N–H and O–H groups in total. The lowest BCUT2D eigenvalue weighted by Gasteiger charge is -2.07. The van der Waals surface area contributed by atoms with Crippen LogP contribution in [0.5, 0.6) is 0 Å². The Labute approximate surface area is 137 Å². The maximum absolute atomic E-state index is 3.72. The van der Waals surface area contributed by atoms with Crippen molar-refractivity contribution >= 4 is 39.5 Å². The van der Waals surface area contributed by atoms with E-state index in [1.54, 1.807) is 0 Å². The molecular formula is C17H17BrS2. The molecule has 0 atom stereocenters. The molecule has 0 spiro atoms. The van der Waals surface area contributed by atoms with Crippen LogP contribution >= 0.6 is 39.5 Å². The molecule has 3 heteroatoms. The van der Waals surface area contributed by atoms with E-state index in [2.05, 4.69) is 58.4 Å². The number of benzene rings is 2. The molecule has 2 aromatic rings. The van der Waals surface area contributed by atoms with Crippen molar-refractivity contribution in [1.29, 1.82) is 0 Å². The minimum Gasteiger partial charge on any atom is -0.157 e. The van der Waals surface area contributed by atoms with E-state index in [9.17, 15) is 0 Å². The summed E-state index contributed by atoms with van der Waals surface area (Å²) in [6.45, 7) is 0. The summed E-state index contributed by atoms with van der Waals surface area (Å²) in [4.78, 5) is 0. The lowest BCUT2D eigenvalue weighted by molar-refractivity contribution is 1.13. The van der Waals surface area contributed by atoms with Crippen LogP contribution in [-0.4, -0.2) is 5.75 Å². The Morgan fingerprint density at radius 3 is 2.05 bits per heavy atom. The van der Waals surface area contributed by atoms with Crippen LogP contribution in [0.15, 0.2) is 46.9 Å². The van der Waals surface area contributed by atoms with Gasteiger partial charge in [0.1, 0.15) is 0 Å². The second-order valence-electron chi connectivity index (χ2n) is 5.04. The molecule has 4 aliphatic rings. The number of aryl methyl sites for hydroxylation is 1. The summed E-state index contributed by atoms with van der Waals surface area (Å²) in [7, 11) is 0. The van der Waals surface area contributed by atoms with E-state index in [-0.39, 0.29) is 0 Å². The first kappa shape index (κ1) is 14.6. The zero-order valence-electron chi connectivity index (χ0n) is 11.3. The van der Waals surface area contributed by atoms with Gasteiger partial charge in [-0.1, -0.05) is 52.3 Å². The van der Waals surface area contributed by atoms with Crippen LogP contribution in [0.3, 0.4) is 0 Å². The van der Waals surface area contributed by atoms with E-state index in [1.807, 2.05) is 23.5 Å². The molecule has 104 valence electrons. The van der Waals surface area contributed by atoms with Gasteiger partial charge in [-0.15, -0.1) is 0 Å².